The molecule has 0 spiro atoms. The normalized spacial score (nSPS) is 11.1. The van der Waals surface area contributed by atoms with E-state index in [1.807, 2.05) is 25.3 Å². The van der Waals surface area contributed by atoms with Gasteiger partial charge >= 0.3 is 0 Å². The molecule has 1 amide bonds. The molecule has 0 saturated carbocycles. The predicted octanol–water partition coefficient (Wildman–Crippen LogP) is 2.33. The van der Waals surface area contributed by atoms with Gasteiger partial charge in [0.15, 0.2) is 5.82 Å². The van der Waals surface area contributed by atoms with Crippen LogP contribution in [0.5, 0.6) is 0 Å². The van der Waals surface area contributed by atoms with Crippen LogP contribution in [0.3, 0.4) is 0 Å². The second-order valence-electron chi connectivity index (χ2n) is 6.24. The van der Waals surface area contributed by atoms with E-state index in [4.69, 9.17) is 4.52 Å². The van der Waals surface area contributed by atoms with E-state index in [9.17, 15) is 4.79 Å². The Morgan fingerprint density at radius 1 is 1.30 bits per heavy atom. The molecule has 1 aromatic carbocycles. The SMILES string of the molecule is CCc1nc(CCNC(=O)c2cc(Cn3ccc4ccccc43)[nH]n2)no1. The van der Waals surface area contributed by atoms with Gasteiger partial charge in [0.1, 0.15) is 5.69 Å². The van der Waals surface area contributed by atoms with Gasteiger partial charge in [-0.25, -0.2) is 0 Å². The maximum absolute atomic E-state index is 12.3. The fraction of sp³-hybridized carbons (Fsp3) is 0.263. The summed E-state index contributed by atoms with van der Waals surface area (Å²) < 4.78 is 7.16. The molecule has 0 fully saturated rings. The fourth-order valence-corrected chi connectivity index (χ4v) is 2.93. The number of benzene rings is 1. The molecule has 0 aliphatic rings. The highest BCUT2D eigenvalue weighted by molar-refractivity contribution is 5.92. The molecule has 138 valence electrons. The Hall–Kier alpha value is -3.42. The van der Waals surface area contributed by atoms with Gasteiger partial charge in [0.2, 0.25) is 5.89 Å². The molecule has 0 aliphatic heterocycles. The Balaban J connectivity index is 1.35. The Morgan fingerprint density at radius 2 is 2.19 bits per heavy atom. The van der Waals surface area contributed by atoms with Crippen LogP contribution in [0.2, 0.25) is 0 Å². The van der Waals surface area contributed by atoms with Crippen molar-refractivity contribution in [3.8, 4) is 0 Å². The Kier molecular flexibility index (Phi) is 4.69. The maximum atomic E-state index is 12.3. The van der Waals surface area contributed by atoms with Gasteiger partial charge in [-0.2, -0.15) is 10.1 Å². The van der Waals surface area contributed by atoms with Crippen LogP contribution in [0.1, 0.15) is 34.8 Å². The minimum absolute atomic E-state index is 0.228. The summed E-state index contributed by atoms with van der Waals surface area (Å²) in [5.41, 5.74) is 2.38. The molecule has 0 aliphatic carbocycles. The van der Waals surface area contributed by atoms with Gasteiger partial charge in [0.05, 0.1) is 12.2 Å². The summed E-state index contributed by atoms with van der Waals surface area (Å²) in [6.45, 7) is 2.99. The number of H-pyrrole nitrogens is 1. The third-order valence-corrected chi connectivity index (χ3v) is 4.33. The molecular formula is C19H20N6O2. The van der Waals surface area contributed by atoms with E-state index >= 15 is 0 Å². The number of aromatic amines is 1. The first-order chi connectivity index (χ1) is 13.2. The van der Waals surface area contributed by atoms with Crippen LogP contribution >= 0.6 is 0 Å². The number of nitrogens with one attached hydrogen (secondary N) is 2. The lowest BCUT2D eigenvalue weighted by molar-refractivity contribution is 0.0949. The molecule has 8 nitrogen and oxygen atoms in total. The summed E-state index contributed by atoms with van der Waals surface area (Å²) in [6, 6.07) is 12.0. The summed E-state index contributed by atoms with van der Waals surface area (Å²) in [5, 5.41) is 14.9. The monoisotopic (exact) mass is 364 g/mol. The summed E-state index contributed by atoms with van der Waals surface area (Å²) in [5.74, 6) is 0.967. The van der Waals surface area contributed by atoms with Crippen molar-refractivity contribution >= 4 is 16.8 Å². The minimum atomic E-state index is -0.228. The average molecular weight is 364 g/mol. The average Bonchev–Trinajstić information content (AvgIpc) is 3.42. The van der Waals surface area contributed by atoms with Crippen LogP contribution in [0, 0.1) is 0 Å². The molecule has 0 unspecified atom stereocenters. The molecule has 0 bridgehead atoms. The van der Waals surface area contributed by atoms with Crippen LogP contribution in [-0.4, -0.2) is 37.4 Å². The molecule has 0 saturated heterocycles. The number of amides is 1. The predicted molar refractivity (Wildman–Crippen MR) is 99.3 cm³/mol. The number of hydrogen-bond donors (Lipinski definition) is 2. The lowest BCUT2D eigenvalue weighted by Gasteiger charge is -2.02. The zero-order chi connectivity index (χ0) is 18.6. The third-order valence-electron chi connectivity index (χ3n) is 4.33. The van der Waals surface area contributed by atoms with Crippen molar-refractivity contribution < 1.29 is 9.32 Å². The molecule has 27 heavy (non-hydrogen) atoms. The topological polar surface area (TPSA) is 102 Å². The summed E-state index contributed by atoms with van der Waals surface area (Å²) in [7, 11) is 0. The van der Waals surface area contributed by atoms with Crippen LogP contribution in [0.4, 0.5) is 0 Å². The molecule has 2 N–H and O–H groups in total. The van der Waals surface area contributed by atoms with Crippen molar-refractivity contribution in [1.29, 1.82) is 0 Å². The molecule has 3 aromatic heterocycles. The Bertz CT molecular complexity index is 1060. The van der Waals surface area contributed by atoms with E-state index in [1.165, 1.54) is 5.39 Å². The highest BCUT2D eigenvalue weighted by atomic mass is 16.5. The number of carbonyl (C=O) groups is 1. The van der Waals surface area contributed by atoms with E-state index < -0.39 is 0 Å². The van der Waals surface area contributed by atoms with Gasteiger partial charge in [0.25, 0.3) is 5.91 Å². The number of aromatic nitrogens is 5. The lowest BCUT2D eigenvalue weighted by Crippen LogP contribution is -2.26. The molecule has 0 radical (unpaired) electrons. The van der Waals surface area contributed by atoms with Gasteiger partial charge in [0, 0.05) is 31.1 Å². The van der Waals surface area contributed by atoms with Crippen molar-refractivity contribution in [2.24, 2.45) is 0 Å². The number of aryl methyl sites for hydroxylation is 1. The first-order valence-corrected chi connectivity index (χ1v) is 8.90. The molecule has 3 heterocycles. The van der Waals surface area contributed by atoms with E-state index in [0.29, 0.717) is 43.3 Å². The van der Waals surface area contributed by atoms with Crippen molar-refractivity contribution in [3.05, 3.63) is 65.7 Å². The smallest absolute Gasteiger partial charge is 0.271 e. The van der Waals surface area contributed by atoms with Crippen molar-refractivity contribution in [1.82, 2.24) is 30.2 Å². The quantitative estimate of drug-likeness (QED) is 0.524. The van der Waals surface area contributed by atoms with Crippen molar-refractivity contribution in [2.75, 3.05) is 6.54 Å². The summed E-state index contributed by atoms with van der Waals surface area (Å²) in [4.78, 5) is 16.5. The Morgan fingerprint density at radius 3 is 3.04 bits per heavy atom. The van der Waals surface area contributed by atoms with E-state index in [-0.39, 0.29) is 5.91 Å². The fourth-order valence-electron chi connectivity index (χ4n) is 2.93. The second-order valence-corrected chi connectivity index (χ2v) is 6.24. The highest BCUT2D eigenvalue weighted by Crippen LogP contribution is 2.16. The first-order valence-electron chi connectivity index (χ1n) is 8.90. The van der Waals surface area contributed by atoms with Crippen LogP contribution < -0.4 is 5.32 Å². The van der Waals surface area contributed by atoms with Gasteiger partial charge in [-0.1, -0.05) is 30.3 Å². The van der Waals surface area contributed by atoms with Crippen molar-refractivity contribution in [3.63, 3.8) is 0 Å². The Labute approximate surface area is 155 Å². The van der Waals surface area contributed by atoms with Gasteiger partial charge in [-0.3, -0.25) is 9.89 Å². The maximum Gasteiger partial charge on any atom is 0.271 e. The summed E-state index contributed by atoms with van der Waals surface area (Å²) in [6.07, 6.45) is 3.24. The minimum Gasteiger partial charge on any atom is -0.350 e. The number of hydrogen-bond acceptors (Lipinski definition) is 5. The lowest BCUT2D eigenvalue weighted by atomic mass is 10.2. The molecule has 4 rings (SSSR count). The zero-order valence-electron chi connectivity index (χ0n) is 15.0. The van der Waals surface area contributed by atoms with Crippen molar-refractivity contribution in [2.45, 2.75) is 26.3 Å². The molecule has 8 heteroatoms. The van der Waals surface area contributed by atoms with Gasteiger partial charge < -0.3 is 14.4 Å². The van der Waals surface area contributed by atoms with E-state index in [1.54, 1.807) is 6.07 Å². The largest absolute Gasteiger partial charge is 0.350 e. The first kappa shape index (κ1) is 17.0. The number of fused-ring (bicyclic) bond motifs is 1. The third kappa shape index (κ3) is 3.74. The van der Waals surface area contributed by atoms with E-state index in [0.717, 1.165) is 11.2 Å². The second kappa shape index (κ2) is 7.45. The van der Waals surface area contributed by atoms with Gasteiger partial charge in [-0.05, 0) is 23.6 Å². The van der Waals surface area contributed by atoms with Crippen LogP contribution in [-0.2, 0) is 19.4 Å². The molecule has 4 aromatic rings. The number of para-hydroxylation sites is 1. The number of rotatable bonds is 7. The van der Waals surface area contributed by atoms with Crippen LogP contribution in [0.15, 0.2) is 47.1 Å². The highest BCUT2D eigenvalue weighted by Gasteiger charge is 2.12. The summed E-state index contributed by atoms with van der Waals surface area (Å²) >= 11 is 0. The standard InChI is InChI=1S/C19H20N6O2/c1-2-18-21-17(24-27-18)7-9-20-19(26)15-11-14(22-23-15)12-25-10-8-13-5-3-4-6-16(13)25/h3-6,8,10-11H,2,7,9,12H2,1H3,(H,20,26)(H,22,23). The van der Waals surface area contributed by atoms with E-state index in [2.05, 4.69) is 48.4 Å². The van der Waals surface area contributed by atoms with Gasteiger partial charge in [-0.15, -0.1) is 0 Å². The molecule has 0 atom stereocenters. The number of carbonyl (C=O) groups excluding carboxylic acids is 1. The van der Waals surface area contributed by atoms with Crippen LogP contribution in [0.25, 0.3) is 10.9 Å². The zero-order valence-corrected chi connectivity index (χ0v) is 15.0. The number of nitrogens with zero attached hydrogens (tertiary/aromatic N) is 4. The molecular weight excluding hydrogens is 344 g/mol.